The summed E-state index contributed by atoms with van der Waals surface area (Å²) in [6, 6.07) is 2.34. The molecule has 1 aromatic carbocycles. The van der Waals surface area contributed by atoms with Crippen molar-refractivity contribution in [1.82, 2.24) is 5.32 Å². The third kappa shape index (κ3) is 2.82. The van der Waals surface area contributed by atoms with Crippen molar-refractivity contribution in [2.75, 3.05) is 38.7 Å². The normalized spacial score (nSPS) is 18.4. The molecular formula is C13H18FN3O3. The van der Waals surface area contributed by atoms with Crippen LogP contribution < -0.4 is 15.0 Å². The molecule has 1 atom stereocenters. The van der Waals surface area contributed by atoms with Gasteiger partial charge in [-0.25, -0.2) is 4.39 Å². The number of nitrogens with one attached hydrogen (secondary N) is 1. The van der Waals surface area contributed by atoms with Gasteiger partial charge in [-0.3, -0.25) is 10.1 Å². The number of ether oxygens (including phenoxy) is 1. The summed E-state index contributed by atoms with van der Waals surface area (Å²) in [5.41, 5.74) is 0.0192. The molecule has 0 radical (unpaired) electrons. The molecule has 1 aliphatic rings. The lowest BCUT2D eigenvalue weighted by atomic mass is 10.1. The first kappa shape index (κ1) is 14.5. The highest BCUT2D eigenvalue weighted by atomic mass is 19.1. The van der Waals surface area contributed by atoms with Gasteiger partial charge < -0.3 is 15.0 Å². The number of rotatable bonds is 5. The van der Waals surface area contributed by atoms with E-state index in [1.807, 2.05) is 11.9 Å². The molecule has 0 saturated carbocycles. The highest BCUT2D eigenvalue weighted by Crippen LogP contribution is 2.35. The van der Waals surface area contributed by atoms with Crippen LogP contribution in [0, 0.1) is 21.8 Å². The van der Waals surface area contributed by atoms with Crippen LogP contribution in [0.3, 0.4) is 0 Å². The molecule has 1 unspecified atom stereocenters. The minimum Gasteiger partial charge on any atom is -0.490 e. The number of nitrogens with zero attached hydrogens (tertiary/aromatic N) is 2. The van der Waals surface area contributed by atoms with Crippen LogP contribution in [0.25, 0.3) is 0 Å². The maximum Gasteiger partial charge on any atom is 0.313 e. The SMILES string of the molecule is CNCC1CCN(c2cc(OC)c([N+](=O)[O-])cc2F)C1. The van der Waals surface area contributed by atoms with Crippen LogP contribution in [-0.4, -0.2) is 38.7 Å². The maximum absolute atomic E-state index is 14.1. The Morgan fingerprint density at radius 3 is 2.95 bits per heavy atom. The largest absolute Gasteiger partial charge is 0.490 e. The summed E-state index contributed by atoms with van der Waals surface area (Å²) in [7, 11) is 3.23. The number of nitro benzene ring substituents is 1. The second-order valence-corrected chi connectivity index (χ2v) is 4.89. The lowest BCUT2D eigenvalue weighted by Gasteiger charge is -2.20. The molecule has 110 valence electrons. The Hall–Kier alpha value is -1.89. The average Bonchev–Trinajstić information content (AvgIpc) is 2.87. The third-order valence-corrected chi connectivity index (χ3v) is 3.56. The minimum absolute atomic E-state index is 0.0865. The monoisotopic (exact) mass is 283 g/mol. The Balaban J connectivity index is 2.27. The molecule has 0 amide bonds. The first-order chi connectivity index (χ1) is 9.56. The molecule has 0 aromatic heterocycles. The van der Waals surface area contributed by atoms with E-state index in [1.54, 1.807) is 0 Å². The zero-order valence-corrected chi connectivity index (χ0v) is 11.6. The van der Waals surface area contributed by atoms with E-state index in [2.05, 4.69) is 5.32 Å². The molecule has 1 heterocycles. The molecule has 1 N–H and O–H groups in total. The molecule has 1 saturated heterocycles. The van der Waals surface area contributed by atoms with Gasteiger partial charge in [0.1, 0.15) is 0 Å². The van der Waals surface area contributed by atoms with Gasteiger partial charge in [0.2, 0.25) is 0 Å². The van der Waals surface area contributed by atoms with Crippen molar-refractivity contribution in [2.24, 2.45) is 5.92 Å². The Morgan fingerprint density at radius 2 is 2.35 bits per heavy atom. The van der Waals surface area contributed by atoms with Gasteiger partial charge in [0, 0.05) is 19.2 Å². The molecule has 1 aliphatic heterocycles. The Bertz CT molecular complexity index is 510. The average molecular weight is 283 g/mol. The van der Waals surface area contributed by atoms with Gasteiger partial charge in [-0.1, -0.05) is 0 Å². The summed E-state index contributed by atoms with van der Waals surface area (Å²) in [4.78, 5) is 12.1. The summed E-state index contributed by atoms with van der Waals surface area (Å²) < 4.78 is 19.1. The Morgan fingerprint density at radius 1 is 1.60 bits per heavy atom. The smallest absolute Gasteiger partial charge is 0.313 e. The standard InChI is InChI=1S/C13H18FN3O3/c1-15-7-9-3-4-16(8-9)11-6-13(20-2)12(17(18)19)5-10(11)14/h5-6,9,15H,3-4,7-8H2,1-2H3. The molecule has 2 rings (SSSR count). The van der Waals surface area contributed by atoms with Crippen LogP contribution in [0.5, 0.6) is 5.75 Å². The third-order valence-electron chi connectivity index (χ3n) is 3.56. The van der Waals surface area contributed by atoms with E-state index in [9.17, 15) is 14.5 Å². The van der Waals surface area contributed by atoms with E-state index in [-0.39, 0.29) is 11.4 Å². The maximum atomic E-state index is 14.1. The van der Waals surface area contributed by atoms with Gasteiger partial charge >= 0.3 is 5.69 Å². The summed E-state index contributed by atoms with van der Waals surface area (Å²) in [5.74, 6) is -0.0355. The topological polar surface area (TPSA) is 67.6 Å². The number of nitro groups is 1. The number of hydrogen-bond acceptors (Lipinski definition) is 5. The molecule has 0 aliphatic carbocycles. The zero-order chi connectivity index (χ0) is 14.7. The second-order valence-electron chi connectivity index (χ2n) is 4.89. The number of methoxy groups -OCH3 is 1. The van der Waals surface area contributed by atoms with E-state index in [0.717, 1.165) is 32.1 Å². The van der Waals surface area contributed by atoms with Gasteiger partial charge in [-0.05, 0) is 25.9 Å². The summed E-state index contributed by atoms with van der Waals surface area (Å²) in [5, 5.41) is 13.9. The van der Waals surface area contributed by atoms with Crippen LogP contribution in [0.1, 0.15) is 6.42 Å². The summed E-state index contributed by atoms with van der Waals surface area (Å²) >= 11 is 0. The lowest BCUT2D eigenvalue weighted by Crippen LogP contribution is -2.25. The van der Waals surface area contributed by atoms with Crippen LogP contribution in [0.15, 0.2) is 12.1 Å². The number of hydrogen-bond donors (Lipinski definition) is 1. The fourth-order valence-corrected chi connectivity index (χ4v) is 2.59. The lowest BCUT2D eigenvalue weighted by molar-refractivity contribution is -0.385. The van der Waals surface area contributed by atoms with Crippen LogP contribution >= 0.6 is 0 Å². The number of halogens is 1. The van der Waals surface area contributed by atoms with E-state index in [1.165, 1.54) is 13.2 Å². The van der Waals surface area contributed by atoms with Crippen molar-refractivity contribution in [3.63, 3.8) is 0 Å². The molecule has 7 heteroatoms. The van der Waals surface area contributed by atoms with Crippen molar-refractivity contribution < 1.29 is 14.1 Å². The Labute approximate surface area is 116 Å². The highest BCUT2D eigenvalue weighted by Gasteiger charge is 2.27. The van der Waals surface area contributed by atoms with Gasteiger partial charge in [0.05, 0.1) is 23.8 Å². The summed E-state index contributed by atoms with van der Waals surface area (Å²) in [6.45, 7) is 2.35. The van der Waals surface area contributed by atoms with Gasteiger partial charge in [0.25, 0.3) is 0 Å². The van der Waals surface area contributed by atoms with Crippen molar-refractivity contribution in [2.45, 2.75) is 6.42 Å². The zero-order valence-electron chi connectivity index (χ0n) is 11.6. The predicted molar refractivity (Wildman–Crippen MR) is 73.9 cm³/mol. The fraction of sp³-hybridized carbons (Fsp3) is 0.538. The Kier molecular flexibility index (Phi) is 4.39. The van der Waals surface area contributed by atoms with E-state index < -0.39 is 10.7 Å². The van der Waals surface area contributed by atoms with Crippen molar-refractivity contribution in [3.8, 4) is 5.75 Å². The quantitative estimate of drug-likeness (QED) is 0.659. The van der Waals surface area contributed by atoms with Crippen LogP contribution in [-0.2, 0) is 0 Å². The van der Waals surface area contributed by atoms with Gasteiger partial charge in [0.15, 0.2) is 11.6 Å². The van der Waals surface area contributed by atoms with Crippen LogP contribution in [0.2, 0.25) is 0 Å². The van der Waals surface area contributed by atoms with Crippen molar-refractivity contribution in [3.05, 3.63) is 28.1 Å². The second kappa shape index (κ2) is 6.04. The minimum atomic E-state index is -0.639. The van der Waals surface area contributed by atoms with E-state index in [4.69, 9.17) is 4.74 Å². The predicted octanol–water partition coefficient (Wildman–Crippen LogP) is 1.79. The molecular weight excluding hydrogens is 265 g/mol. The fourth-order valence-electron chi connectivity index (χ4n) is 2.59. The molecule has 20 heavy (non-hydrogen) atoms. The van der Waals surface area contributed by atoms with Crippen LogP contribution in [0.4, 0.5) is 15.8 Å². The molecule has 1 fully saturated rings. The highest BCUT2D eigenvalue weighted by molar-refractivity contribution is 5.60. The number of anilines is 1. The van der Waals surface area contributed by atoms with Crippen molar-refractivity contribution in [1.29, 1.82) is 0 Å². The molecule has 0 spiro atoms. The van der Waals surface area contributed by atoms with Gasteiger partial charge in [-0.2, -0.15) is 0 Å². The van der Waals surface area contributed by atoms with Crippen molar-refractivity contribution >= 4 is 11.4 Å². The molecule has 1 aromatic rings. The molecule has 0 bridgehead atoms. The number of benzene rings is 1. The first-order valence-electron chi connectivity index (χ1n) is 6.48. The summed E-state index contributed by atoms with van der Waals surface area (Å²) in [6.07, 6.45) is 0.972. The van der Waals surface area contributed by atoms with Gasteiger partial charge in [-0.15, -0.1) is 0 Å². The molecule has 6 nitrogen and oxygen atoms in total. The van der Waals surface area contributed by atoms with E-state index in [0.29, 0.717) is 11.6 Å². The first-order valence-corrected chi connectivity index (χ1v) is 6.48. The van der Waals surface area contributed by atoms with E-state index >= 15 is 0 Å².